The minimum absolute atomic E-state index is 0.0934. The third-order valence-corrected chi connectivity index (χ3v) is 3.73. The van der Waals surface area contributed by atoms with Gasteiger partial charge in [-0.25, -0.2) is 9.59 Å². The lowest BCUT2D eigenvalue weighted by Crippen LogP contribution is -2.50. The van der Waals surface area contributed by atoms with Gasteiger partial charge in [-0.05, 0) is 31.2 Å². The van der Waals surface area contributed by atoms with Gasteiger partial charge in [-0.3, -0.25) is 4.79 Å². The number of methoxy groups -OCH3 is 1. The molecule has 0 radical (unpaired) electrons. The Morgan fingerprint density at radius 1 is 1.04 bits per heavy atom. The zero-order chi connectivity index (χ0) is 17.5. The number of anilines is 1. The SMILES string of the molecule is CCNC(=O)Nc1ccc(C(=O)N2CCN(C(=O)OC)CC2)cc1. The third kappa shape index (κ3) is 4.37. The first kappa shape index (κ1) is 17.6. The van der Waals surface area contributed by atoms with Gasteiger partial charge in [-0.1, -0.05) is 0 Å². The summed E-state index contributed by atoms with van der Waals surface area (Å²) in [5, 5.41) is 5.31. The quantitative estimate of drug-likeness (QED) is 0.873. The highest BCUT2D eigenvalue weighted by Gasteiger charge is 2.25. The van der Waals surface area contributed by atoms with Crippen molar-refractivity contribution in [2.45, 2.75) is 6.92 Å². The van der Waals surface area contributed by atoms with Gasteiger partial charge in [0.2, 0.25) is 0 Å². The first-order chi connectivity index (χ1) is 11.5. The maximum atomic E-state index is 12.5. The van der Waals surface area contributed by atoms with Crippen LogP contribution < -0.4 is 10.6 Å². The van der Waals surface area contributed by atoms with Crippen molar-refractivity contribution in [1.29, 1.82) is 0 Å². The Morgan fingerprint density at radius 3 is 2.17 bits per heavy atom. The smallest absolute Gasteiger partial charge is 0.409 e. The molecule has 1 aromatic rings. The van der Waals surface area contributed by atoms with E-state index in [9.17, 15) is 14.4 Å². The molecule has 0 saturated carbocycles. The number of amides is 4. The van der Waals surface area contributed by atoms with Gasteiger partial charge < -0.3 is 25.2 Å². The highest BCUT2D eigenvalue weighted by atomic mass is 16.5. The van der Waals surface area contributed by atoms with Gasteiger partial charge in [0.1, 0.15) is 0 Å². The summed E-state index contributed by atoms with van der Waals surface area (Å²) in [6, 6.07) is 6.45. The van der Waals surface area contributed by atoms with Crippen molar-refractivity contribution in [2.24, 2.45) is 0 Å². The second-order valence-corrected chi connectivity index (χ2v) is 5.31. The molecule has 8 nitrogen and oxygen atoms in total. The average Bonchev–Trinajstić information content (AvgIpc) is 2.61. The summed E-state index contributed by atoms with van der Waals surface area (Å²) in [6.07, 6.45) is -0.372. The number of piperazine rings is 1. The molecule has 0 aromatic heterocycles. The summed E-state index contributed by atoms with van der Waals surface area (Å²) >= 11 is 0. The van der Waals surface area contributed by atoms with Crippen LogP contribution in [0.5, 0.6) is 0 Å². The topological polar surface area (TPSA) is 91.0 Å². The number of hydrogen-bond acceptors (Lipinski definition) is 4. The molecule has 1 fully saturated rings. The molecule has 24 heavy (non-hydrogen) atoms. The van der Waals surface area contributed by atoms with Crippen LogP contribution in [0, 0.1) is 0 Å². The van der Waals surface area contributed by atoms with E-state index in [1.54, 1.807) is 34.1 Å². The van der Waals surface area contributed by atoms with Crippen molar-refractivity contribution in [3.05, 3.63) is 29.8 Å². The largest absolute Gasteiger partial charge is 0.453 e. The van der Waals surface area contributed by atoms with Crippen molar-refractivity contribution in [3.8, 4) is 0 Å². The van der Waals surface area contributed by atoms with Crippen LogP contribution in [0.4, 0.5) is 15.3 Å². The van der Waals surface area contributed by atoms with Crippen LogP contribution in [0.1, 0.15) is 17.3 Å². The molecule has 0 aliphatic carbocycles. The molecule has 1 aliphatic rings. The van der Waals surface area contributed by atoms with E-state index >= 15 is 0 Å². The summed E-state index contributed by atoms with van der Waals surface area (Å²) in [6.45, 7) is 4.21. The summed E-state index contributed by atoms with van der Waals surface area (Å²) < 4.78 is 4.68. The van der Waals surface area contributed by atoms with Gasteiger partial charge in [0.25, 0.3) is 5.91 Å². The molecular formula is C16H22N4O4. The zero-order valence-electron chi connectivity index (χ0n) is 13.9. The number of carbonyl (C=O) groups is 3. The normalized spacial score (nSPS) is 14.1. The molecule has 0 unspecified atom stereocenters. The lowest BCUT2D eigenvalue weighted by Gasteiger charge is -2.33. The number of ether oxygens (including phenoxy) is 1. The van der Waals surface area contributed by atoms with Gasteiger partial charge >= 0.3 is 12.1 Å². The molecule has 8 heteroatoms. The predicted molar refractivity (Wildman–Crippen MR) is 89.0 cm³/mol. The number of nitrogens with zero attached hydrogens (tertiary/aromatic N) is 2. The molecule has 1 heterocycles. The van der Waals surface area contributed by atoms with Crippen LogP contribution in [0.25, 0.3) is 0 Å². The fraction of sp³-hybridized carbons (Fsp3) is 0.438. The van der Waals surface area contributed by atoms with E-state index in [4.69, 9.17) is 0 Å². The highest BCUT2D eigenvalue weighted by Crippen LogP contribution is 2.13. The fourth-order valence-electron chi connectivity index (χ4n) is 2.44. The Bertz CT molecular complexity index is 595. The standard InChI is InChI=1S/C16H22N4O4/c1-3-17-15(22)18-13-6-4-12(5-7-13)14(21)19-8-10-20(11-9-19)16(23)24-2/h4-7H,3,8-11H2,1-2H3,(H2,17,18,22). The molecule has 0 bridgehead atoms. The van der Waals surface area contributed by atoms with E-state index in [0.29, 0.717) is 44.0 Å². The van der Waals surface area contributed by atoms with Gasteiger partial charge in [-0.2, -0.15) is 0 Å². The number of hydrogen-bond donors (Lipinski definition) is 2. The monoisotopic (exact) mass is 334 g/mol. The van der Waals surface area contributed by atoms with Crippen LogP contribution in [0.15, 0.2) is 24.3 Å². The number of benzene rings is 1. The number of rotatable bonds is 3. The zero-order valence-corrected chi connectivity index (χ0v) is 13.9. The van der Waals surface area contributed by atoms with Crippen LogP contribution >= 0.6 is 0 Å². The van der Waals surface area contributed by atoms with Gasteiger partial charge in [0.05, 0.1) is 7.11 Å². The Morgan fingerprint density at radius 2 is 1.62 bits per heavy atom. The molecule has 130 valence electrons. The average molecular weight is 334 g/mol. The van der Waals surface area contributed by atoms with Crippen LogP contribution in [0.3, 0.4) is 0 Å². The van der Waals surface area contributed by atoms with Gasteiger partial charge in [-0.15, -0.1) is 0 Å². The summed E-state index contributed by atoms with van der Waals surface area (Å²) in [4.78, 5) is 38.6. The molecule has 1 aliphatic heterocycles. The maximum absolute atomic E-state index is 12.5. The number of urea groups is 1. The molecule has 1 saturated heterocycles. The van der Waals surface area contributed by atoms with E-state index < -0.39 is 0 Å². The molecular weight excluding hydrogens is 312 g/mol. The molecule has 0 atom stereocenters. The minimum Gasteiger partial charge on any atom is -0.453 e. The summed E-state index contributed by atoms with van der Waals surface area (Å²) in [5.41, 5.74) is 1.16. The number of nitrogens with one attached hydrogen (secondary N) is 2. The van der Waals surface area contributed by atoms with E-state index in [0.717, 1.165) is 0 Å². The third-order valence-electron chi connectivity index (χ3n) is 3.73. The Kier molecular flexibility index (Phi) is 6.00. The minimum atomic E-state index is -0.372. The summed E-state index contributed by atoms with van der Waals surface area (Å²) in [5.74, 6) is -0.0934. The first-order valence-corrected chi connectivity index (χ1v) is 7.82. The first-order valence-electron chi connectivity index (χ1n) is 7.82. The number of carbonyl (C=O) groups excluding carboxylic acids is 3. The lowest BCUT2D eigenvalue weighted by atomic mass is 10.1. The van der Waals surface area contributed by atoms with Crippen LogP contribution in [0.2, 0.25) is 0 Å². The Balaban J connectivity index is 1.91. The fourth-order valence-corrected chi connectivity index (χ4v) is 2.44. The Hall–Kier alpha value is -2.77. The van der Waals surface area contributed by atoms with Crippen molar-refractivity contribution >= 4 is 23.7 Å². The Labute approximate surface area is 140 Å². The molecule has 4 amide bonds. The molecule has 2 N–H and O–H groups in total. The van der Waals surface area contributed by atoms with E-state index in [2.05, 4.69) is 15.4 Å². The van der Waals surface area contributed by atoms with Crippen molar-refractivity contribution in [1.82, 2.24) is 15.1 Å². The van der Waals surface area contributed by atoms with Gasteiger partial charge in [0.15, 0.2) is 0 Å². The van der Waals surface area contributed by atoms with Gasteiger partial charge in [0, 0.05) is 44.0 Å². The van der Waals surface area contributed by atoms with Crippen LogP contribution in [-0.2, 0) is 4.74 Å². The van der Waals surface area contributed by atoms with E-state index in [1.165, 1.54) is 7.11 Å². The maximum Gasteiger partial charge on any atom is 0.409 e. The molecule has 1 aromatic carbocycles. The van der Waals surface area contributed by atoms with Crippen molar-refractivity contribution in [2.75, 3.05) is 45.2 Å². The van der Waals surface area contributed by atoms with Crippen molar-refractivity contribution < 1.29 is 19.1 Å². The molecule has 2 rings (SSSR count). The van der Waals surface area contributed by atoms with Crippen LogP contribution in [-0.4, -0.2) is 67.7 Å². The van der Waals surface area contributed by atoms with E-state index in [-0.39, 0.29) is 18.0 Å². The predicted octanol–water partition coefficient (Wildman–Crippen LogP) is 1.35. The van der Waals surface area contributed by atoms with E-state index in [1.807, 2.05) is 6.92 Å². The second-order valence-electron chi connectivity index (χ2n) is 5.31. The second kappa shape index (κ2) is 8.19. The highest BCUT2D eigenvalue weighted by molar-refractivity contribution is 5.95. The molecule has 0 spiro atoms. The van der Waals surface area contributed by atoms with Crippen molar-refractivity contribution in [3.63, 3.8) is 0 Å². The lowest BCUT2D eigenvalue weighted by molar-refractivity contribution is 0.0599. The summed E-state index contributed by atoms with van der Waals surface area (Å²) in [7, 11) is 1.34.